The lowest BCUT2D eigenvalue weighted by Gasteiger charge is -2.12. The lowest BCUT2D eigenvalue weighted by atomic mass is 10.2. The van der Waals surface area contributed by atoms with Gasteiger partial charge in [0.1, 0.15) is 6.61 Å². The summed E-state index contributed by atoms with van der Waals surface area (Å²) in [5, 5.41) is 3.39. The van der Waals surface area contributed by atoms with Crippen molar-refractivity contribution in [2.45, 2.75) is 53.3 Å². The van der Waals surface area contributed by atoms with E-state index in [0.717, 1.165) is 12.2 Å². The topological polar surface area (TPSA) is 43.4 Å². The molecule has 1 aromatic heterocycles. The number of pyridine rings is 1. The molecule has 0 bridgehead atoms. The first kappa shape index (κ1) is 15.9. The van der Waals surface area contributed by atoms with Gasteiger partial charge in [-0.1, -0.05) is 19.9 Å². The number of rotatable bonds is 8. The molecule has 0 atom stereocenters. The van der Waals surface area contributed by atoms with Gasteiger partial charge >= 0.3 is 0 Å². The summed E-state index contributed by atoms with van der Waals surface area (Å²) in [5.41, 5.74) is 2.22. The number of hydrogen-bond acceptors (Lipinski definition) is 4. The van der Waals surface area contributed by atoms with E-state index < -0.39 is 0 Å². The van der Waals surface area contributed by atoms with Crippen molar-refractivity contribution in [2.75, 3.05) is 13.2 Å². The van der Waals surface area contributed by atoms with Gasteiger partial charge in [0.15, 0.2) is 0 Å². The van der Waals surface area contributed by atoms with E-state index in [2.05, 4.69) is 30.2 Å². The molecule has 0 radical (unpaired) electrons. The van der Waals surface area contributed by atoms with Crippen molar-refractivity contribution < 1.29 is 9.47 Å². The summed E-state index contributed by atoms with van der Waals surface area (Å²) in [6.45, 7) is 12.3. The zero-order chi connectivity index (χ0) is 14.3. The molecular formula is C15H26N2O2. The lowest BCUT2D eigenvalue weighted by molar-refractivity contribution is 0.0542. The highest BCUT2D eigenvalue weighted by molar-refractivity contribution is 5.24. The number of ether oxygens (including phenoxy) is 2. The van der Waals surface area contributed by atoms with Gasteiger partial charge in [-0.3, -0.25) is 0 Å². The van der Waals surface area contributed by atoms with Gasteiger partial charge in [0, 0.05) is 24.3 Å². The molecule has 0 aromatic carbocycles. The van der Waals surface area contributed by atoms with Gasteiger partial charge in [0.25, 0.3) is 0 Å². The van der Waals surface area contributed by atoms with E-state index in [0.29, 0.717) is 25.1 Å². The van der Waals surface area contributed by atoms with E-state index >= 15 is 0 Å². The highest BCUT2D eigenvalue weighted by Crippen LogP contribution is 2.12. The Balaban J connectivity index is 2.42. The van der Waals surface area contributed by atoms with Crippen LogP contribution in [-0.4, -0.2) is 30.3 Å². The molecular weight excluding hydrogens is 240 g/mol. The van der Waals surface area contributed by atoms with Crippen molar-refractivity contribution in [3.8, 4) is 5.88 Å². The molecule has 0 aliphatic carbocycles. The van der Waals surface area contributed by atoms with Gasteiger partial charge in [-0.05, 0) is 26.3 Å². The first-order valence-corrected chi connectivity index (χ1v) is 6.93. The van der Waals surface area contributed by atoms with Crippen LogP contribution in [0.5, 0.6) is 5.88 Å². The van der Waals surface area contributed by atoms with Crippen LogP contribution in [0.1, 0.15) is 39.0 Å². The molecule has 4 nitrogen and oxygen atoms in total. The van der Waals surface area contributed by atoms with Gasteiger partial charge in [0.2, 0.25) is 5.88 Å². The van der Waals surface area contributed by atoms with Gasteiger partial charge < -0.3 is 14.8 Å². The maximum atomic E-state index is 5.56. The van der Waals surface area contributed by atoms with Crippen molar-refractivity contribution in [1.29, 1.82) is 0 Å². The second kappa shape index (κ2) is 8.12. The SMILES string of the molecule is Cc1nc(OCCOC(C)C)ccc1CNC(C)C. The molecule has 0 fully saturated rings. The fourth-order valence-corrected chi connectivity index (χ4v) is 1.58. The third kappa shape index (κ3) is 6.55. The van der Waals surface area contributed by atoms with Crippen molar-refractivity contribution in [1.82, 2.24) is 10.3 Å². The summed E-state index contributed by atoms with van der Waals surface area (Å²) in [7, 11) is 0. The van der Waals surface area contributed by atoms with Crippen molar-refractivity contribution in [2.24, 2.45) is 0 Å². The second-order valence-electron chi connectivity index (χ2n) is 5.20. The van der Waals surface area contributed by atoms with Crippen LogP contribution < -0.4 is 10.1 Å². The molecule has 19 heavy (non-hydrogen) atoms. The molecule has 0 saturated carbocycles. The molecule has 0 unspecified atom stereocenters. The standard InChI is InChI=1S/C15H26N2O2/c1-11(2)16-10-14-6-7-15(17-13(14)5)19-9-8-18-12(3)4/h6-7,11-12,16H,8-10H2,1-5H3. The third-order valence-corrected chi connectivity index (χ3v) is 2.65. The van der Waals surface area contributed by atoms with Gasteiger partial charge in [-0.15, -0.1) is 0 Å². The van der Waals surface area contributed by atoms with Gasteiger partial charge in [0.05, 0.1) is 12.7 Å². The average molecular weight is 266 g/mol. The van der Waals surface area contributed by atoms with E-state index in [1.807, 2.05) is 26.8 Å². The van der Waals surface area contributed by atoms with E-state index in [9.17, 15) is 0 Å². The number of hydrogen-bond donors (Lipinski definition) is 1. The molecule has 1 aromatic rings. The molecule has 108 valence electrons. The predicted molar refractivity (Wildman–Crippen MR) is 77.5 cm³/mol. The minimum absolute atomic E-state index is 0.239. The van der Waals surface area contributed by atoms with Crippen LogP contribution in [-0.2, 0) is 11.3 Å². The van der Waals surface area contributed by atoms with Crippen LogP contribution in [0.2, 0.25) is 0 Å². The zero-order valence-electron chi connectivity index (χ0n) is 12.7. The van der Waals surface area contributed by atoms with E-state index in [1.54, 1.807) is 0 Å². The third-order valence-electron chi connectivity index (χ3n) is 2.65. The van der Waals surface area contributed by atoms with Gasteiger partial charge in [-0.25, -0.2) is 4.98 Å². The van der Waals surface area contributed by atoms with E-state index in [4.69, 9.17) is 9.47 Å². The Morgan fingerprint density at radius 1 is 1.16 bits per heavy atom. The van der Waals surface area contributed by atoms with Crippen LogP contribution in [0.3, 0.4) is 0 Å². The van der Waals surface area contributed by atoms with Crippen LogP contribution in [0, 0.1) is 6.92 Å². The Morgan fingerprint density at radius 2 is 1.89 bits per heavy atom. The Hall–Kier alpha value is -1.13. The quantitative estimate of drug-likeness (QED) is 0.735. The van der Waals surface area contributed by atoms with Crippen LogP contribution in [0.4, 0.5) is 0 Å². The number of aromatic nitrogens is 1. The Morgan fingerprint density at radius 3 is 2.47 bits per heavy atom. The largest absolute Gasteiger partial charge is 0.475 e. The van der Waals surface area contributed by atoms with Crippen LogP contribution in [0.25, 0.3) is 0 Å². The van der Waals surface area contributed by atoms with Crippen LogP contribution in [0.15, 0.2) is 12.1 Å². The molecule has 1 heterocycles. The Kier molecular flexibility index (Phi) is 6.81. The first-order valence-electron chi connectivity index (χ1n) is 6.93. The molecule has 0 saturated heterocycles. The molecule has 1 rings (SSSR count). The highest BCUT2D eigenvalue weighted by atomic mass is 16.5. The average Bonchev–Trinajstić information content (AvgIpc) is 2.33. The highest BCUT2D eigenvalue weighted by Gasteiger charge is 2.03. The fourth-order valence-electron chi connectivity index (χ4n) is 1.58. The zero-order valence-corrected chi connectivity index (χ0v) is 12.7. The lowest BCUT2D eigenvalue weighted by Crippen LogP contribution is -2.22. The minimum Gasteiger partial charge on any atom is -0.475 e. The maximum absolute atomic E-state index is 5.56. The predicted octanol–water partition coefficient (Wildman–Crippen LogP) is 2.69. The van der Waals surface area contributed by atoms with Crippen molar-refractivity contribution >= 4 is 0 Å². The summed E-state index contributed by atoms with van der Waals surface area (Å²) < 4.78 is 11.0. The summed E-state index contributed by atoms with van der Waals surface area (Å²) in [6, 6.07) is 4.46. The fraction of sp³-hybridized carbons (Fsp3) is 0.667. The summed E-state index contributed by atoms with van der Waals surface area (Å²) >= 11 is 0. The Bertz CT molecular complexity index is 378. The summed E-state index contributed by atoms with van der Waals surface area (Å²) in [6.07, 6.45) is 0.239. The van der Waals surface area contributed by atoms with Crippen LogP contribution >= 0.6 is 0 Å². The summed E-state index contributed by atoms with van der Waals surface area (Å²) in [4.78, 5) is 4.45. The van der Waals surface area contributed by atoms with E-state index in [1.165, 1.54) is 5.56 Å². The smallest absolute Gasteiger partial charge is 0.213 e. The summed E-state index contributed by atoms with van der Waals surface area (Å²) in [5.74, 6) is 0.665. The number of nitrogens with one attached hydrogen (secondary N) is 1. The van der Waals surface area contributed by atoms with Crippen molar-refractivity contribution in [3.05, 3.63) is 23.4 Å². The Labute approximate surface area is 116 Å². The number of nitrogens with zero attached hydrogens (tertiary/aromatic N) is 1. The normalized spacial score (nSPS) is 11.3. The molecule has 0 aliphatic rings. The minimum atomic E-state index is 0.239. The van der Waals surface area contributed by atoms with E-state index in [-0.39, 0.29) is 6.10 Å². The molecule has 0 spiro atoms. The monoisotopic (exact) mass is 266 g/mol. The van der Waals surface area contributed by atoms with Gasteiger partial charge in [-0.2, -0.15) is 0 Å². The molecule has 4 heteroatoms. The molecule has 1 N–H and O–H groups in total. The first-order chi connectivity index (χ1) is 8.99. The number of aryl methyl sites for hydroxylation is 1. The van der Waals surface area contributed by atoms with Crippen molar-refractivity contribution in [3.63, 3.8) is 0 Å². The molecule has 0 amide bonds. The molecule has 0 aliphatic heterocycles. The maximum Gasteiger partial charge on any atom is 0.213 e. The second-order valence-corrected chi connectivity index (χ2v) is 5.20.